The van der Waals surface area contributed by atoms with Crippen molar-refractivity contribution < 1.29 is 0 Å². The standard InChI is InChI=1S/C14H16N2S/c1-10-8-15-14(17-9-10)13-7-6-11-4-2-3-5-12(11)16-13/h2-7,10,14-15H,8-9H2,1H3. The van der Waals surface area contributed by atoms with Crippen molar-refractivity contribution in [2.75, 3.05) is 12.3 Å². The van der Waals surface area contributed by atoms with Crippen LogP contribution >= 0.6 is 11.8 Å². The lowest BCUT2D eigenvalue weighted by atomic mass is 10.2. The SMILES string of the molecule is CC1CNC(c2ccc3ccccc3n2)SC1. The van der Waals surface area contributed by atoms with Crippen LogP contribution < -0.4 is 5.32 Å². The van der Waals surface area contributed by atoms with Crippen molar-refractivity contribution in [1.82, 2.24) is 10.3 Å². The van der Waals surface area contributed by atoms with Crippen molar-refractivity contribution in [3.63, 3.8) is 0 Å². The number of nitrogens with one attached hydrogen (secondary N) is 1. The fraction of sp³-hybridized carbons (Fsp3) is 0.357. The number of hydrogen-bond donors (Lipinski definition) is 1. The van der Waals surface area contributed by atoms with Gasteiger partial charge in [-0.25, -0.2) is 0 Å². The second-order valence-corrected chi connectivity index (χ2v) is 5.79. The molecule has 1 aromatic carbocycles. The number of hydrogen-bond acceptors (Lipinski definition) is 3. The molecule has 88 valence electrons. The maximum absolute atomic E-state index is 4.74. The molecule has 1 saturated heterocycles. The summed E-state index contributed by atoms with van der Waals surface area (Å²) in [6.07, 6.45) is 0. The van der Waals surface area contributed by atoms with E-state index in [-0.39, 0.29) is 0 Å². The molecule has 0 radical (unpaired) electrons. The normalized spacial score (nSPS) is 25.0. The molecule has 2 unspecified atom stereocenters. The number of benzene rings is 1. The Morgan fingerprint density at radius 2 is 2.12 bits per heavy atom. The van der Waals surface area contributed by atoms with E-state index >= 15 is 0 Å². The van der Waals surface area contributed by atoms with Crippen LogP contribution in [0.4, 0.5) is 0 Å². The summed E-state index contributed by atoms with van der Waals surface area (Å²) in [4.78, 5) is 4.74. The van der Waals surface area contributed by atoms with Gasteiger partial charge in [-0.15, -0.1) is 11.8 Å². The van der Waals surface area contributed by atoms with E-state index in [1.165, 1.54) is 11.1 Å². The Balaban J connectivity index is 1.90. The highest BCUT2D eigenvalue weighted by molar-refractivity contribution is 7.99. The van der Waals surface area contributed by atoms with Crippen LogP contribution in [-0.2, 0) is 0 Å². The van der Waals surface area contributed by atoms with E-state index in [2.05, 4.69) is 42.6 Å². The second-order valence-electron chi connectivity index (χ2n) is 4.66. The average molecular weight is 244 g/mol. The Hall–Kier alpha value is -1.06. The van der Waals surface area contributed by atoms with Crippen molar-refractivity contribution in [3.8, 4) is 0 Å². The van der Waals surface area contributed by atoms with Gasteiger partial charge in [-0.1, -0.05) is 31.2 Å². The first-order valence-electron chi connectivity index (χ1n) is 6.03. The first-order valence-corrected chi connectivity index (χ1v) is 7.08. The maximum Gasteiger partial charge on any atom is 0.0962 e. The van der Waals surface area contributed by atoms with Crippen molar-refractivity contribution in [1.29, 1.82) is 0 Å². The van der Waals surface area contributed by atoms with Gasteiger partial charge in [0.1, 0.15) is 0 Å². The van der Waals surface area contributed by atoms with E-state index in [1.54, 1.807) is 0 Å². The highest BCUT2D eigenvalue weighted by atomic mass is 32.2. The Bertz CT molecular complexity index is 518. The molecule has 17 heavy (non-hydrogen) atoms. The molecule has 2 aromatic rings. The van der Waals surface area contributed by atoms with Gasteiger partial charge >= 0.3 is 0 Å². The maximum atomic E-state index is 4.74. The van der Waals surface area contributed by atoms with Gasteiger partial charge in [0.15, 0.2) is 0 Å². The van der Waals surface area contributed by atoms with Gasteiger partial charge in [0.05, 0.1) is 16.6 Å². The summed E-state index contributed by atoms with van der Waals surface area (Å²) in [5.41, 5.74) is 2.24. The largest absolute Gasteiger partial charge is 0.300 e. The van der Waals surface area contributed by atoms with Crippen LogP contribution in [0.5, 0.6) is 0 Å². The average Bonchev–Trinajstić information content (AvgIpc) is 2.39. The van der Waals surface area contributed by atoms with Crippen molar-refractivity contribution in [2.24, 2.45) is 5.92 Å². The molecule has 0 aliphatic carbocycles. The van der Waals surface area contributed by atoms with Crippen molar-refractivity contribution >= 4 is 22.7 Å². The molecule has 3 heteroatoms. The predicted octanol–water partition coefficient (Wildman–Crippen LogP) is 3.21. The number of pyridine rings is 1. The Labute approximate surface area is 106 Å². The molecule has 0 bridgehead atoms. The zero-order valence-corrected chi connectivity index (χ0v) is 10.7. The van der Waals surface area contributed by atoms with Crippen LogP contribution in [0, 0.1) is 5.92 Å². The summed E-state index contributed by atoms with van der Waals surface area (Å²) in [5.74, 6) is 1.98. The Morgan fingerprint density at radius 1 is 1.24 bits per heavy atom. The van der Waals surface area contributed by atoms with Crippen LogP contribution in [0.2, 0.25) is 0 Å². The molecule has 2 nitrogen and oxygen atoms in total. The van der Waals surface area contributed by atoms with Crippen LogP contribution in [-0.4, -0.2) is 17.3 Å². The third-order valence-corrected chi connectivity index (χ3v) is 4.59. The third-order valence-electron chi connectivity index (χ3n) is 3.09. The third kappa shape index (κ3) is 2.31. The molecule has 0 amide bonds. The first kappa shape index (κ1) is 11.1. The lowest BCUT2D eigenvalue weighted by molar-refractivity contribution is 0.525. The molecule has 2 atom stereocenters. The zero-order valence-electron chi connectivity index (χ0n) is 9.89. The van der Waals surface area contributed by atoms with Crippen LogP contribution in [0.25, 0.3) is 10.9 Å². The highest BCUT2D eigenvalue weighted by Crippen LogP contribution is 2.31. The summed E-state index contributed by atoms with van der Waals surface area (Å²) < 4.78 is 0. The quantitative estimate of drug-likeness (QED) is 0.834. The van der Waals surface area contributed by atoms with Crippen molar-refractivity contribution in [3.05, 3.63) is 42.1 Å². The lowest BCUT2D eigenvalue weighted by Gasteiger charge is -2.27. The lowest BCUT2D eigenvalue weighted by Crippen LogP contribution is -2.31. The molecule has 1 aliphatic heterocycles. The first-order chi connectivity index (χ1) is 8.33. The van der Waals surface area contributed by atoms with Gasteiger partial charge in [-0.05, 0) is 30.3 Å². The van der Waals surface area contributed by atoms with E-state index in [0.717, 1.165) is 23.7 Å². The molecule has 1 aliphatic rings. The van der Waals surface area contributed by atoms with E-state index in [4.69, 9.17) is 4.98 Å². The molecule has 1 N–H and O–H groups in total. The summed E-state index contributed by atoms with van der Waals surface area (Å²) >= 11 is 1.96. The van der Waals surface area contributed by atoms with Crippen LogP contribution in [0.1, 0.15) is 18.0 Å². The number of aromatic nitrogens is 1. The van der Waals surface area contributed by atoms with Gasteiger partial charge in [-0.2, -0.15) is 0 Å². The van der Waals surface area contributed by atoms with Gasteiger partial charge in [0.2, 0.25) is 0 Å². The van der Waals surface area contributed by atoms with E-state index in [1.807, 2.05) is 17.8 Å². The monoisotopic (exact) mass is 244 g/mol. The molecule has 1 fully saturated rings. The predicted molar refractivity (Wildman–Crippen MR) is 74.1 cm³/mol. The summed E-state index contributed by atoms with van der Waals surface area (Å²) in [5, 5.41) is 5.12. The minimum absolute atomic E-state index is 0.357. The topological polar surface area (TPSA) is 24.9 Å². The fourth-order valence-electron chi connectivity index (χ4n) is 2.10. The molecular formula is C14H16N2S. The van der Waals surface area contributed by atoms with Gasteiger partial charge in [0.25, 0.3) is 0 Å². The van der Waals surface area contributed by atoms with Crippen LogP contribution in [0.3, 0.4) is 0 Å². The summed E-state index contributed by atoms with van der Waals surface area (Å²) in [6.45, 7) is 3.37. The van der Waals surface area contributed by atoms with Crippen LogP contribution in [0.15, 0.2) is 36.4 Å². The summed E-state index contributed by atoms with van der Waals surface area (Å²) in [6, 6.07) is 12.6. The van der Waals surface area contributed by atoms with Gasteiger partial charge in [-0.3, -0.25) is 4.98 Å². The Kier molecular flexibility index (Phi) is 3.04. The van der Waals surface area contributed by atoms with E-state index < -0.39 is 0 Å². The number of nitrogens with zero attached hydrogens (tertiary/aromatic N) is 1. The van der Waals surface area contributed by atoms with Gasteiger partial charge in [0, 0.05) is 5.39 Å². The zero-order chi connectivity index (χ0) is 11.7. The number of para-hydroxylation sites is 1. The second kappa shape index (κ2) is 4.67. The molecular weight excluding hydrogens is 228 g/mol. The smallest absolute Gasteiger partial charge is 0.0962 e. The number of rotatable bonds is 1. The van der Waals surface area contributed by atoms with E-state index in [9.17, 15) is 0 Å². The fourth-order valence-corrected chi connectivity index (χ4v) is 3.26. The minimum atomic E-state index is 0.357. The highest BCUT2D eigenvalue weighted by Gasteiger charge is 2.20. The molecule has 0 saturated carbocycles. The van der Waals surface area contributed by atoms with Gasteiger partial charge < -0.3 is 5.32 Å². The van der Waals surface area contributed by atoms with Crippen molar-refractivity contribution in [2.45, 2.75) is 12.3 Å². The summed E-state index contributed by atoms with van der Waals surface area (Å²) in [7, 11) is 0. The number of fused-ring (bicyclic) bond motifs is 1. The Morgan fingerprint density at radius 3 is 2.94 bits per heavy atom. The van der Waals surface area contributed by atoms with E-state index in [0.29, 0.717) is 5.37 Å². The molecule has 2 heterocycles. The minimum Gasteiger partial charge on any atom is -0.300 e. The number of thioether (sulfide) groups is 1. The molecule has 0 spiro atoms. The molecule has 1 aromatic heterocycles. The molecule has 3 rings (SSSR count).